The fourth-order valence-electron chi connectivity index (χ4n) is 2.76. The van der Waals surface area contributed by atoms with Crippen LogP contribution in [-0.2, 0) is 11.3 Å². The van der Waals surface area contributed by atoms with Crippen LogP contribution in [-0.4, -0.2) is 21.2 Å². The summed E-state index contributed by atoms with van der Waals surface area (Å²) in [6.45, 7) is 7.92. The fourth-order valence-corrected chi connectivity index (χ4v) is 3.74. The molecule has 1 heterocycles. The molecule has 0 atom stereocenters. The van der Waals surface area contributed by atoms with Crippen LogP contribution in [0.5, 0.6) is 0 Å². The van der Waals surface area contributed by atoms with Crippen LogP contribution in [0.15, 0.2) is 59.0 Å². The summed E-state index contributed by atoms with van der Waals surface area (Å²) >= 11 is 7.23. The Balaban J connectivity index is 1.85. The third-order valence-corrected chi connectivity index (χ3v) is 5.40. The normalized spacial score (nSPS) is 10.8. The van der Waals surface area contributed by atoms with Crippen molar-refractivity contribution in [3.05, 3.63) is 75.6 Å². The van der Waals surface area contributed by atoms with Gasteiger partial charge in [-0.1, -0.05) is 41.6 Å². The van der Waals surface area contributed by atoms with Crippen molar-refractivity contribution in [2.75, 3.05) is 11.1 Å². The number of fused-ring (bicyclic) bond motifs is 1. The van der Waals surface area contributed by atoms with Gasteiger partial charge in [-0.05, 0) is 49.2 Å². The number of nitrogens with zero attached hydrogens (tertiary/aromatic N) is 2. The quantitative estimate of drug-likeness (QED) is 0.365. The number of carbonyl (C=O) groups is 1. The van der Waals surface area contributed by atoms with Gasteiger partial charge in [0.2, 0.25) is 5.91 Å². The Morgan fingerprint density at radius 1 is 1.29 bits per heavy atom. The van der Waals surface area contributed by atoms with E-state index in [1.165, 1.54) is 16.3 Å². The summed E-state index contributed by atoms with van der Waals surface area (Å²) in [6.07, 6.45) is 1.62. The number of aryl methyl sites for hydroxylation is 2. The van der Waals surface area contributed by atoms with Crippen LogP contribution < -0.4 is 10.9 Å². The molecule has 0 aliphatic heterocycles. The first-order chi connectivity index (χ1) is 13.4. The van der Waals surface area contributed by atoms with Crippen LogP contribution in [0.3, 0.4) is 0 Å². The minimum Gasteiger partial charge on any atom is -0.325 e. The van der Waals surface area contributed by atoms with Gasteiger partial charge in [0, 0.05) is 17.3 Å². The molecule has 1 amide bonds. The SMILES string of the molecule is C=CCn1c(SCC(=O)Nc2cc(C)ccc2C)nc2ccc(Cl)cc2c1=O. The largest absolute Gasteiger partial charge is 0.325 e. The Morgan fingerprint density at radius 3 is 2.82 bits per heavy atom. The summed E-state index contributed by atoms with van der Waals surface area (Å²) in [4.78, 5) is 29.8. The van der Waals surface area contributed by atoms with Crippen molar-refractivity contribution < 1.29 is 4.79 Å². The predicted octanol–water partition coefficient (Wildman–Crippen LogP) is 4.58. The van der Waals surface area contributed by atoms with Gasteiger partial charge >= 0.3 is 0 Å². The average Bonchev–Trinajstić information content (AvgIpc) is 2.66. The lowest BCUT2D eigenvalue weighted by molar-refractivity contribution is -0.113. The highest BCUT2D eigenvalue weighted by Gasteiger charge is 2.13. The molecule has 0 saturated heterocycles. The molecule has 1 aromatic heterocycles. The minimum atomic E-state index is -0.204. The van der Waals surface area contributed by atoms with Gasteiger partial charge in [0.05, 0.1) is 16.7 Å². The fraction of sp³-hybridized carbons (Fsp3) is 0.190. The van der Waals surface area contributed by atoms with Crippen molar-refractivity contribution in [2.45, 2.75) is 25.5 Å². The summed E-state index contributed by atoms with van der Waals surface area (Å²) in [5.41, 5.74) is 3.20. The lowest BCUT2D eigenvalue weighted by Gasteiger charge is -2.12. The summed E-state index contributed by atoms with van der Waals surface area (Å²) in [5.74, 6) is -0.0231. The maximum atomic E-state index is 12.8. The van der Waals surface area contributed by atoms with Crippen molar-refractivity contribution in [3.63, 3.8) is 0 Å². The number of carbonyl (C=O) groups excluding carboxylic acids is 1. The summed E-state index contributed by atoms with van der Waals surface area (Å²) in [7, 11) is 0. The van der Waals surface area contributed by atoms with E-state index in [0.717, 1.165) is 16.8 Å². The maximum Gasteiger partial charge on any atom is 0.262 e. The number of thioether (sulfide) groups is 1. The van der Waals surface area contributed by atoms with Gasteiger partial charge < -0.3 is 5.32 Å². The number of halogens is 1. The molecule has 7 heteroatoms. The lowest BCUT2D eigenvalue weighted by Crippen LogP contribution is -2.24. The van der Waals surface area contributed by atoms with E-state index in [2.05, 4.69) is 16.9 Å². The van der Waals surface area contributed by atoms with Gasteiger partial charge in [-0.15, -0.1) is 6.58 Å². The molecule has 0 bridgehead atoms. The molecule has 3 aromatic rings. The predicted molar refractivity (Wildman–Crippen MR) is 116 cm³/mol. The number of hydrogen-bond donors (Lipinski definition) is 1. The molecule has 0 radical (unpaired) electrons. The highest BCUT2D eigenvalue weighted by molar-refractivity contribution is 7.99. The number of rotatable bonds is 6. The number of aromatic nitrogens is 2. The molecule has 28 heavy (non-hydrogen) atoms. The van der Waals surface area contributed by atoms with Crippen LogP contribution in [0, 0.1) is 13.8 Å². The number of nitrogens with one attached hydrogen (secondary N) is 1. The minimum absolute atomic E-state index is 0.135. The van der Waals surface area contributed by atoms with Crippen molar-refractivity contribution in [1.29, 1.82) is 0 Å². The van der Waals surface area contributed by atoms with Gasteiger partial charge in [-0.25, -0.2) is 4.98 Å². The number of hydrogen-bond acceptors (Lipinski definition) is 4. The monoisotopic (exact) mass is 413 g/mol. The molecule has 0 aliphatic carbocycles. The number of benzene rings is 2. The zero-order valence-electron chi connectivity index (χ0n) is 15.7. The topological polar surface area (TPSA) is 64.0 Å². The van der Waals surface area contributed by atoms with Gasteiger partial charge in [0.15, 0.2) is 5.16 Å². The number of anilines is 1. The van der Waals surface area contributed by atoms with Crippen LogP contribution in [0.2, 0.25) is 5.02 Å². The molecule has 0 aliphatic rings. The van der Waals surface area contributed by atoms with Crippen molar-refractivity contribution >= 4 is 45.9 Å². The molecule has 0 spiro atoms. The first kappa shape index (κ1) is 20.2. The molecular weight excluding hydrogens is 394 g/mol. The van der Waals surface area contributed by atoms with Crippen LogP contribution in [0.4, 0.5) is 5.69 Å². The molecule has 5 nitrogen and oxygen atoms in total. The molecule has 0 saturated carbocycles. The summed E-state index contributed by atoms with van der Waals surface area (Å²) in [5, 5.41) is 4.31. The molecule has 3 rings (SSSR count). The maximum absolute atomic E-state index is 12.8. The van der Waals surface area contributed by atoms with Gasteiger partial charge in [0.1, 0.15) is 0 Å². The second-order valence-electron chi connectivity index (χ2n) is 6.42. The Bertz CT molecular complexity index is 1120. The second-order valence-corrected chi connectivity index (χ2v) is 7.79. The van der Waals surface area contributed by atoms with Crippen LogP contribution in [0.1, 0.15) is 11.1 Å². The second kappa shape index (κ2) is 8.63. The third-order valence-electron chi connectivity index (χ3n) is 4.19. The zero-order valence-corrected chi connectivity index (χ0v) is 17.2. The summed E-state index contributed by atoms with van der Waals surface area (Å²) < 4.78 is 1.50. The summed E-state index contributed by atoms with van der Waals surface area (Å²) in [6, 6.07) is 10.9. The Labute approximate surface area is 172 Å². The average molecular weight is 414 g/mol. The highest BCUT2D eigenvalue weighted by Crippen LogP contribution is 2.21. The Morgan fingerprint density at radius 2 is 2.07 bits per heavy atom. The molecule has 2 aromatic carbocycles. The number of amides is 1. The van der Waals surface area contributed by atoms with E-state index in [1.807, 2.05) is 32.0 Å². The first-order valence-corrected chi connectivity index (χ1v) is 10.1. The van der Waals surface area contributed by atoms with Crippen molar-refractivity contribution in [1.82, 2.24) is 9.55 Å². The van der Waals surface area contributed by atoms with Crippen molar-refractivity contribution in [3.8, 4) is 0 Å². The molecule has 0 unspecified atom stereocenters. The van der Waals surface area contributed by atoms with E-state index in [-0.39, 0.29) is 17.2 Å². The Hall–Kier alpha value is -2.57. The molecule has 1 N–H and O–H groups in total. The van der Waals surface area contributed by atoms with E-state index in [0.29, 0.717) is 27.6 Å². The standard InChI is InChI=1S/C21H20ClN3O2S/c1-4-9-25-20(27)16-11-15(22)7-8-17(16)24-21(25)28-12-19(26)23-18-10-13(2)5-6-14(18)3/h4-8,10-11H,1,9,12H2,2-3H3,(H,23,26). The van der Waals surface area contributed by atoms with Gasteiger partial charge in [-0.3, -0.25) is 14.2 Å². The third kappa shape index (κ3) is 4.46. The van der Waals surface area contributed by atoms with E-state index in [9.17, 15) is 9.59 Å². The molecule has 0 fully saturated rings. The van der Waals surface area contributed by atoms with Crippen molar-refractivity contribution in [2.24, 2.45) is 0 Å². The van der Waals surface area contributed by atoms with Crippen LogP contribution in [0.25, 0.3) is 10.9 Å². The smallest absolute Gasteiger partial charge is 0.262 e. The van der Waals surface area contributed by atoms with E-state index < -0.39 is 0 Å². The molecule has 144 valence electrons. The number of allylic oxidation sites excluding steroid dienone is 1. The van der Waals surface area contributed by atoms with Gasteiger partial charge in [0.25, 0.3) is 5.56 Å². The zero-order chi connectivity index (χ0) is 20.3. The van der Waals surface area contributed by atoms with Crippen LogP contribution >= 0.6 is 23.4 Å². The van der Waals surface area contributed by atoms with Gasteiger partial charge in [-0.2, -0.15) is 0 Å². The highest BCUT2D eigenvalue weighted by atomic mass is 35.5. The van der Waals surface area contributed by atoms with E-state index in [4.69, 9.17) is 11.6 Å². The molecular formula is C21H20ClN3O2S. The van der Waals surface area contributed by atoms with E-state index in [1.54, 1.807) is 24.3 Å². The first-order valence-electron chi connectivity index (χ1n) is 8.70. The lowest BCUT2D eigenvalue weighted by atomic mass is 10.1. The van der Waals surface area contributed by atoms with E-state index >= 15 is 0 Å². The Kier molecular flexibility index (Phi) is 6.21.